The molecule has 21 heavy (non-hydrogen) atoms. The van der Waals surface area contributed by atoms with E-state index in [0.717, 1.165) is 26.4 Å². The van der Waals surface area contributed by atoms with Gasteiger partial charge < -0.3 is 9.84 Å². The van der Waals surface area contributed by atoms with Crippen LogP contribution in [-0.2, 0) is 6.42 Å². The van der Waals surface area contributed by atoms with Crippen LogP contribution in [-0.4, -0.2) is 17.2 Å². The molecule has 0 aliphatic carbocycles. The molecular weight excluding hydrogens is 282 g/mol. The van der Waals surface area contributed by atoms with Gasteiger partial charge in [0.25, 0.3) is 0 Å². The van der Waals surface area contributed by atoms with Crippen molar-refractivity contribution in [1.82, 2.24) is 4.98 Å². The van der Waals surface area contributed by atoms with Gasteiger partial charge in [0.1, 0.15) is 5.75 Å². The minimum atomic E-state index is -0.611. The average molecular weight is 299 g/mol. The third kappa shape index (κ3) is 2.91. The summed E-state index contributed by atoms with van der Waals surface area (Å²) in [6, 6.07) is 13.9. The Balaban J connectivity index is 1.88. The summed E-state index contributed by atoms with van der Waals surface area (Å²) >= 11 is 1.63. The zero-order valence-corrected chi connectivity index (χ0v) is 12.9. The van der Waals surface area contributed by atoms with Crippen LogP contribution in [0.25, 0.3) is 10.2 Å². The first-order valence-electron chi connectivity index (χ1n) is 6.84. The summed E-state index contributed by atoms with van der Waals surface area (Å²) < 4.78 is 6.49. The van der Waals surface area contributed by atoms with Crippen LogP contribution in [0, 0.1) is 6.92 Å². The second-order valence-electron chi connectivity index (χ2n) is 5.04. The lowest BCUT2D eigenvalue weighted by molar-refractivity contribution is 0.174. The molecule has 0 aliphatic heterocycles. The second kappa shape index (κ2) is 5.84. The third-order valence-electron chi connectivity index (χ3n) is 3.45. The van der Waals surface area contributed by atoms with Crippen molar-refractivity contribution in [2.24, 2.45) is 0 Å². The molecule has 1 aromatic heterocycles. The summed E-state index contributed by atoms with van der Waals surface area (Å²) in [6.07, 6.45) is -0.112. The van der Waals surface area contributed by atoms with Crippen LogP contribution >= 0.6 is 11.3 Å². The molecule has 2 aromatic carbocycles. The summed E-state index contributed by atoms with van der Waals surface area (Å²) in [4.78, 5) is 4.57. The van der Waals surface area contributed by atoms with Crippen molar-refractivity contribution in [3.63, 3.8) is 0 Å². The molecule has 0 spiro atoms. The highest BCUT2D eigenvalue weighted by Gasteiger charge is 2.16. The van der Waals surface area contributed by atoms with E-state index in [1.807, 2.05) is 43.3 Å². The zero-order chi connectivity index (χ0) is 14.8. The minimum Gasteiger partial charge on any atom is -0.496 e. The Morgan fingerprint density at radius 1 is 1.24 bits per heavy atom. The first kappa shape index (κ1) is 14.0. The van der Waals surface area contributed by atoms with Gasteiger partial charge in [-0.1, -0.05) is 23.8 Å². The largest absolute Gasteiger partial charge is 0.496 e. The molecule has 0 saturated carbocycles. The Hall–Kier alpha value is -1.91. The monoisotopic (exact) mass is 299 g/mol. The standard InChI is InChI=1S/C17H17NO2S/c1-11-7-8-15(20-2)12(9-11)14(19)10-17-18-13-5-3-4-6-16(13)21-17/h3-9,14,19H,10H2,1-2H3. The molecule has 0 saturated heterocycles. The van der Waals surface area contributed by atoms with Crippen LogP contribution in [0.2, 0.25) is 0 Å². The van der Waals surface area contributed by atoms with Gasteiger partial charge in [0.05, 0.1) is 28.4 Å². The summed E-state index contributed by atoms with van der Waals surface area (Å²) in [7, 11) is 1.62. The highest BCUT2D eigenvalue weighted by atomic mass is 32.1. The predicted octanol–water partition coefficient (Wildman–Crippen LogP) is 3.89. The maximum absolute atomic E-state index is 10.5. The van der Waals surface area contributed by atoms with Crippen LogP contribution in [0.15, 0.2) is 42.5 Å². The molecule has 0 fully saturated rings. The van der Waals surface area contributed by atoms with Gasteiger partial charge in [-0.05, 0) is 31.2 Å². The number of benzene rings is 2. The number of methoxy groups -OCH3 is 1. The fourth-order valence-corrected chi connectivity index (χ4v) is 3.40. The average Bonchev–Trinajstić information content (AvgIpc) is 2.89. The minimum absolute atomic E-state index is 0.499. The summed E-state index contributed by atoms with van der Waals surface area (Å²) in [5.41, 5.74) is 2.91. The van der Waals surface area contributed by atoms with Crippen molar-refractivity contribution < 1.29 is 9.84 Å². The van der Waals surface area contributed by atoms with E-state index in [-0.39, 0.29) is 0 Å². The molecule has 3 aromatic rings. The van der Waals surface area contributed by atoms with E-state index in [9.17, 15) is 5.11 Å². The topological polar surface area (TPSA) is 42.4 Å². The lowest BCUT2D eigenvalue weighted by atomic mass is 10.0. The number of rotatable bonds is 4. The number of aliphatic hydroxyl groups is 1. The number of para-hydroxylation sites is 1. The van der Waals surface area contributed by atoms with Crippen LogP contribution in [0.5, 0.6) is 5.75 Å². The van der Waals surface area contributed by atoms with Crippen LogP contribution < -0.4 is 4.74 Å². The molecule has 0 radical (unpaired) electrons. The van der Waals surface area contributed by atoms with E-state index in [1.165, 1.54) is 0 Å². The molecular formula is C17H17NO2S. The molecule has 1 atom stereocenters. The number of nitrogens with zero attached hydrogens (tertiary/aromatic N) is 1. The Labute approximate surface area is 127 Å². The lowest BCUT2D eigenvalue weighted by Gasteiger charge is -2.14. The maximum Gasteiger partial charge on any atom is 0.124 e. The Morgan fingerprint density at radius 3 is 2.81 bits per heavy atom. The van der Waals surface area contributed by atoms with E-state index < -0.39 is 6.10 Å². The number of fused-ring (bicyclic) bond motifs is 1. The molecule has 0 bridgehead atoms. The van der Waals surface area contributed by atoms with Gasteiger partial charge in [0.2, 0.25) is 0 Å². The highest BCUT2D eigenvalue weighted by Crippen LogP contribution is 2.31. The Kier molecular flexibility index (Phi) is 3.90. The van der Waals surface area contributed by atoms with Gasteiger partial charge in [-0.25, -0.2) is 4.98 Å². The molecule has 1 N–H and O–H groups in total. The molecule has 0 aliphatic rings. The van der Waals surface area contributed by atoms with Gasteiger partial charge >= 0.3 is 0 Å². The molecule has 1 heterocycles. The van der Waals surface area contributed by atoms with Gasteiger partial charge in [0.15, 0.2) is 0 Å². The fourth-order valence-electron chi connectivity index (χ4n) is 2.40. The number of hydrogen-bond acceptors (Lipinski definition) is 4. The maximum atomic E-state index is 10.5. The Bertz CT molecular complexity index is 733. The smallest absolute Gasteiger partial charge is 0.124 e. The van der Waals surface area contributed by atoms with Crippen molar-refractivity contribution >= 4 is 21.6 Å². The molecule has 4 heteroatoms. The number of hydrogen-bond donors (Lipinski definition) is 1. The van der Waals surface area contributed by atoms with Crippen LogP contribution in [0.4, 0.5) is 0 Å². The van der Waals surface area contributed by atoms with Crippen molar-refractivity contribution in [3.8, 4) is 5.75 Å². The van der Waals surface area contributed by atoms with Crippen molar-refractivity contribution in [3.05, 3.63) is 58.6 Å². The summed E-state index contributed by atoms with van der Waals surface area (Å²) in [5, 5.41) is 11.5. The van der Waals surface area contributed by atoms with E-state index in [4.69, 9.17) is 4.74 Å². The number of thiazole rings is 1. The van der Waals surface area contributed by atoms with E-state index in [2.05, 4.69) is 11.1 Å². The normalized spacial score (nSPS) is 12.5. The fraction of sp³-hybridized carbons (Fsp3) is 0.235. The van der Waals surface area contributed by atoms with Crippen molar-refractivity contribution in [1.29, 1.82) is 0 Å². The molecule has 3 rings (SSSR count). The first-order chi connectivity index (χ1) is 10.2. The summed E-state index contributed by atoms with van der Waals surface area (Å²) in [6.45, 7) is 2.01. The number of aromatic nitrogens is 1. The Morgan fingerprint density at radius 2 is 2.05 bits per heavy atom. The van der Waals surface area contributed by atoms with Gasteiger partial charge in [-0.2, -0.15) is 0 Å². The molecule has 1 unspecified atom stereocenters. The van der Waals surface area contributed by atoms with Crippen molar-refractivity contribution in [2.45, 2.75) is 19.4 Å². The van der Waals surface area contributed by atoms with E-state index in [0.29, 0.717) is 12.2 Å². The first-order valence-corrected chi connectivity index (χ1v) is 7.66. The quantitative estimate of drug-likeness (QED) is 0.794. The van der Waals surface area contributed by atoms with Crippen LogP contribution in [0.3, 0.4) is 0 Å². The number of ether oxygens (including phenoxy) is 1. The molecule has 108 valence electrons. The molecule has 0 amide bonds. The number of aryl methyl sites for hydroxylation is 1. The summed E-state index contributed by atoms with van der Waals surface area (Å²) in [5.74, 6) is 0.717. The molecule has 3 nitrogen and oxygen atoms in total. The van der Waals surface area contributed by atoms with Gasteiger partial charge in [-0.3, -0.25) is 0 Å². The van der Waals surface area contributed by atoms with Gasteiger partial charge in [0, 0.05) is 12.0 Å². The van der Waals surface area contributed by atoms with Gasteiger partial charge in [-0.15, -0.1) is 11.3 Å². The highest BCUT2D eigenvalue weighted by molar-refractivity contribution is 7.18. The van der Waals surface area contributed by atoms with Crippen molar-refractivity contribution in [2.75, 3.05) is 7.11 Å². The predicted molar refractivity (Wildman–Crippen MR) is 86.0 cm³/mol. The SMILES string of the molecule is COc1ccc(C)cc1C(O)Cc1nc2ccccc2s1. The second-order valence-corrected chi connectivity index (χ2v) is 6.16. The third-order valence-corrected chi connectivity index (χ3v) is 4.51. The van der Waals surface area contributed by atoms with E-state index >= 15 is 0 Å². The van der Waals surface area contributed by atoms with E-state index in [1.54, 1.807) is 18.4 Å². The zero-order valence-electron chi connectivity index (χ0n) is 12.0. The lowest BCUT2D eigenvalue weighted by Crippen LogP contribution is -2.04. The van der Waals surface area contributed by atoms with Crippen LogP contribution in [0.1, 0.15) is 22.2 Å². The number of aliphatic hydroxyl groups excluding tert-OH is 1.